The molecular formula is C16H11Cl2N3OS2. The number of aromatic amines is 1. The average molecular weight is 396 g/mol. The largest absolute Gasteiger partial charge is 0.301 e. The van der Waals surface area contributed by atoms with Gasteiger partial charge in [-0.25, -0.2) is 4.98 Å². The molecule has 122 valence electrons. The second kappa shape index (κ2) is 7.58. The van der Waals surface area contributed by atoms with Crippen LogP contribution in [-0.4, -0.2) is 15.7 Å². The van der Waals surface area contributed by atoms with Crippen LogP contribution in [0.4, 0.5) is 0 Å². The molecule has 0 fully saturated rings. The Morgan fingerprint density at radius 1 is 1.33 bits per heavy atom. The second-order valence-corrected chi connectivity index (χ2v) is 7.70. The van der Waals surface area contributed by atoms with Crippen molar-refractivity contribution in [1.82, 2.24) is 9.97 Å². The first-order chi connectivity index (χ1) is 11.6. The van der Waals surface area contributed by atoms with Crippen molar-refractivity contribution in [3.8, 4) is 17.2 Å². The number of benzene rings is 1. The first kappa shape index (κ1) is 17.3. The quantitative estimate of drug-likeness (QED) is 0.358. The lowest BCUT2D eigenvalue weighted by Crippen LogP contribution is -2.08. The van der Waals surface area contributed by atoms with Crippen LogP contribution in [0.5, 0.6) is 0 Å². The molecule has 0 saturated heterocycles. The van der Waals surface area contributed by atoms with E-state index < -0.39 is 0 Å². The van der Waals surface area contributed by atoms with Crippen molar-refractivity contribution in [2.45, 2.75) is 18.0 Å². The maximum Gasteiger partial charge on any atom is 0.260 e. The SMILES string of the molecule is N#CCCCSc1nc2scc(-c3ccc(Cl)c(Cl)c3)c2c(=O)[nH]1. The molecule has 0 aliphatic rings. The highest BCUT2D eigenvalue weighted by atomic mass is 35.5. The van der Waals surface area contributed by atoms with Gasteiger partial charge in [0.15, 0.2) is 5.16 Å². The van der Waals surface area contributed by atoms with E-state index in [9.17, 15) is 4.79 Å². The van der Waals surface area contributed by atoms with Crippen molar-refractivity contribution < 1.29 is 0 Å². The third kappa shape index (κ3) is 3.60. The standard InChI is InChI=1S/C16H11Cl2N3OS2/c17-11-4-3-9(7-12(11)18)10-8-24-15-13(10)14(22)20-16(21-15)23-6-2-1-5-19/h3-4,7-8H,1-2,6H2,(H,20,21,22). The first-order valence-electron chi connectivity index (χ1n) is 7.07. The van der Waals surface area contributed by atoms with E-state index in [4.69, 9.17) is 28.5 Å². The summed E-state index contributed by atoms with van der Waals surface area (Å²) in [5.74, 6) is 0.743. The number of unbranched alkanes of at least 4 members (excludes halogenated alkanes) is 1. The van der Waals surface area contributed by atoms with Crippen molar-refractivity contribution in [2.24, 2.45) is 0 Å². The van der Waals surface area contributed by atoms with Crippen LogP contribution in [0.25, 0.3) is 21.3 Å². The molecule has 0 saturated carbocycles. The van der Waals surface area contributed by atoms with Crippen LogP contribution in [0.15, 0.2) is 33.5 Å². The molecule has 1 N–H and O–H groups in total. The van der Waals surface area contributed by atoms with Gasteiger partial charge in [-0.1, -0.05) is 41.0 Å². The van der Waals surface area contributed by atoms with Gasteiger partial charge in [0.05, 0.1) is 21.5 Å². The zero-order chi connectivity index (χ0) is 17.1. The van der Waals surface area contributed by atoms with Gasteiger partial charge < -0.3 is 4.98 Å². The zero-order valence-corrected chi connectivity index (χ0v) is 15.5. The molecular weight excluding hydrogens is 385 g/mol. The summed E-state index contributed by atoms with van der Waals surface area (Å²) in [4.78, 5) is 20.5. The highest BCUT2D eigenvalue weighted by molar-refractivity contribution is 7.99. The molecule has 0 aliphatic carbocycles. The number of rotatable bonds is 5. The highest BCUT2D eigenvalue weighted by Crippen LogP contribution is 2.34. The van der Waals surface area contributed by atoms with Gasteiger partial charge >= 0.3 is 0 Å². The predicted molar refractivity (Wildman–Crippen MR) is 101 cm³/mol. The maximum atomic E-state index is 12.5. The van der Waals surface area contributed by atoms with E-state index in [1.807, 2.05) is 11.4 Å². The third-order valence-corrected chi connectivity index (χ3v) is 5.90. The molecule has 8 heteroatoms. The molecule has 3 rings (SSSR count). The average Bonchev–Trinajstić information content (AvgIpc) is 2.99. The molecule has 0 radical (unpaired) electrons. The van der Waals surface area contributed by atoms with E-state index in [0.29, 0.717) is 31.8 Å². The number of hydrogen-bond donors (Lipinski definition) is 1. The van der Waals surface area contributed by atoms with E-state index >= 15 is 0 Å². The topological polar surface area (TPSA) is 69.5 Å². The Hall–Kier alpha value is -1.52. The summed E-state index contributed by atoms with van der Waals surface area (Å²) in [6.07, 6.45) is 1.27. The number of thioether (sulfide) groups is 1. The molecule has 0 unspecified atom stereocenters. The highest BCUT2D eigenvalue weighted by Gasteiger charge is 2.14. The number of nitrogens with one attached hydrogen (secondary N) is 1. The number of nitriles is 1. The molecule has 0 bridgehead atoms. The predicted octanol–water partition coefficient (Wildman–Crippen LogP) is 5.35. The van der Waals surface area contributed by atoms with Crippen LogP contribution in [0, 0.1) is 11.3 Å². The Bertz CT molecular complexity index is 991. The number of thiophene rings is 1. The van der Waals surface area contributed by atoms with Crippen LogP contribution in [-0.2, 0) is 0 Å². The Balaban J connectivity index is 1.96. The van der Waals surface area contributed by atoms with Crippen molar-refractivity contribution in [3.05, 3.63) is 44.0 Å². The molecule has 0 amide bonds. The van der Waals surface area contributed by atoms with Crippen molar-refractivity contribution >= 4 is 56.5 Å². The van der Waals surface area contributed by atoms with E-state index in [2.05, 4.69) is 16.0 Å². The Kier molecular flexibility index (Phi) is 5.47. The third-order valence-electron chi connectivity index (χ3n) is 3.32. The summed E-state index contributed by atoms with van der Waals surface area (Å²) < 4.78 is 0. The van der Waals surface area contributed by atoms with Gasteiger partial charge in [-0.3, -0.25) is 4.79 Å². The summed E-state index contributed by atoms with van der Waals surface area (Å²) in [7, 11) is 0. The van der Waals surface area contributed by atoms with E-state index in [0.717, 1.165) is 23.3 Å². The molecule has 4 nitrogen and oxygen atoms in total. The van der Waals surface area contributed by atoms with Crippen molar-refractivity contribution in [1.29, 1.82) is 5.26 Å². The second-order valence-electron chi connectivity index (χ2n) is 4.94. The fourth-order valence-corrected chi connectivity index (χ4v) is 4.30. The van der Waals surface area contributed by atoms with Gasteiger partial charge in [-0.05, 0) is 24.1 Å². The maximum absolute atomic E-state index is 12.5. The van der Waals surface area contributed by atoms with E-state index in [1.54, 1.807) is 12.1 Å². The molecule has 0 atom stereocenters. The lowest BCUT2D eigenvalue weighted by atomic mass is 10.1. The minimum absolute atomic E-state index is 0.176. The number of aromatic nitrogens is 2. The number of fused-ring (bicyclic) bond motifs is 1. The summed E-state index contributed by atoms with van der Waals surface area (Å²) in [5.41, 5.74) is 1.45. The van der Waals surface area contributed by atoms with Crippen LogP contribution in [0.3, 0.4) is 0 Å². The number of H-pyrrole nitrogens is 1. The zero-order valence-electron chi connectivity index (χ0n) is 12.3. The van der Waals surface area contributed by atoms with Gasteiger partial charge in [-0.2, -0.15) is 5.26 Å². The molecule has 1 aromatic carbocycles. The molecule has 0 spiro atoms. The minimum atomic E-state index is -0.176. The van der Waals surface area contributed by atoms with Crippen LogP contribution in [0.2, 0.25) is 10.0 Å². The summed E-state index contributed by atoms with van der Waals surface area (Å²) in [6.45, 7) is 0. The molecule has 24 heavy (non-hydrogen) atoms. The monoisotopic (exact) mass is 395 g/mol. The van der Waals surface area contributed by atoms with Crippen LogP contribution >= 0.6 is 46.3 Å². The lowest BCUT2D eigenvalue weighted by molar-refractivity contribution is 0.951. The fraction of sp³-hybridized carbons (Fsp3) is 0.188. The van der Waals surface area contributed by atoms with Gasteiger partial charge in [0.2, 0.25) is 0 Å². The van der Waals surface area contributed by atoms with Gasteiger partial charge in [0.25, 0.3) is 5.56 Å². The number of halogens is 2. The Labute approximate surface area is 156 Å². The van der Waals surface area contributed by atoms with Gasteiger partial charge in [0, 0.05) is 23.1 Å². The molecule has 3 aromatic rings. The van der Waals surface area contributed by atoms with Crippen molar-refractivity contribution in [3.63, 3.8) is 0 Å². The van der Waals surface area contributed by atoms with Gasteiger partial charge in [-0.15, -0.1) is 11.3 Å². The molecule has 0 aliphatic heterocycles. The Morgan fingerprint density at radius 2 is 2.17 bits per heavy atom. The van der Waals surface area contributed by atoms with E-state index in [-0.39, 0.29) is 5.56 Å². The summed E-state index contributed by atoms with van der Waals surface area (Å²) in [6, 6.07) is 7.39. The fourth-order valence-electron chi connectivity index (χ4n) is 2.19. The van der Waals surface area contributed by atoms with Gasteiger partial charge in [0.1, 0.15) is 4.83 Å². The Morgan fingerprint density at radius 3 is 2.92 bits per heavy atom. The van der Waals surface area contributed by atoms with Crippen LogP contribution < -0.4 is 5.56 Å². The molecule has 2 aromatic heterocycles. The number of hydrogen-bond acceptors (Lipinski definition) is 5. The summed E-state index contributed by atoms with van der Waals surface area (Å²) in [5, 5.41) is 12.5. The summed E-state index contributed by atoms with van der Waals surface area (Å²) >= 11 is 14.9. The van der Waals surface area contributed by atoms with E-state index in [1.165, 1.54) is 23.1 Å². The molecule has 2 heterocycles. The smallest absolute Gasteiger partial charge is 0.260 e. The van der Waals surface area contributed by atoms with Crippen LogP contribution in [0.1, 0.15) is 12.8 Å². The normalized spacial score (nSPS) is 10.9. The van der Waals surface area contributed by atoms with Crippen molar-refractivity contribution in [2.75, 3.05) is 5.75 Å². The minimum Gasteiger partial charge on any atom is -0.301 e. The lowest BCUT2D eigenvalue weighted by Gasteiger charge is -2.03. The first-order valence-corrected chi connectivity index (χ1v) is 9.69. The number of nitrogens with zero attached hydrogens (tertiary/aromatic N) is 2.